The summed E-state index contributed by atoms with van der Waals surface area (Å²) in [6.07, 6.45) is -3.43. The number of rotatable bonds is 5. The monoisotopic (exact) mass is 243 g/mol. The van der Waals surface area contributed by atoms with Gasteiger partial charge in [0.25, 0.3) is 0 Å². The first-order valence-corrected chi connectivity index (χ1v) is 4.59. The van der Waals surface area contributed by atoms with Gasteiger partial charge >= 0.3 is 12.2 Å². The summed E-state index contributed by atoms with van der Waals surface area (Å²) in [7, 11) is 0. The molecule has 0 aromatic rings. The number of urea groups is 1. The van der Waals surface area contributed by atoms with Gasteiger partial charge in [0.1, 0.15) is 6.54 Å². The topological polar surface area (TPSA) is 67.1 Å². The van der Waals surface area contributed by atoms with Crippen molar-refractivity contribution < 1.29 is 18.0 Å². The number of nitrogens with two attached hydrogens (primary N) is 1. The molecule has 2 amide bonds. The van der Waals surface area contributed by atoms with Crippen LogP contribution in [0.25, 0.3) is 0 Å². The van der Waals surface area contributed by atoms with Gasteiger partial charge < -0.3 is 16.4 Å². The highest BCUT2D eigenvalue weighted by Gasteiger charge is 2.27. The summed E-state index contributed by atoms with van der Waals surface area (Å²) in [4.78, 5) is 11.1. The summed E-state index contributed by atoms with van der Waals surface area (Å²) >= 11 is 4.58. The van der Waals surface area contributed by atoms with Crippen LogP contribution in [0, 0.1) is 0 Å². The van der Waals surface area contributed by atoms with E-state index in [9.17, 15) is 18.0 Å². The van der Waals surface area contributed by atoms with Crippen molar-refractivity contribution in [3.05, 3.63) is 0 Å². The molecular weight excluding hydrogens is 231 g/mol. The van der Waals surface area contributed by atoms with Crippen molar-refractivity contribution in [3.63, 3.8) is 0 Å². The smallest absolute Gasteiger partial charge is 0.393 e. The van der Waals surface area contributed by atoms with Crippen LogP contribution >= 0.6 is 12.2 Å². The Morgan fingerprint density at radius 2 is 1.93 bits per heavy atom. The minimum absolute atomic E-state index is 0.237. The number of hydrogen-bond acceptors (Lipinski definition) is 2. The second kappa shape index (κ2) is 6.44. The average molecular weight is 243 g/mol. The van der Waals surface area contributed by atoms with Gasteiger partial charge in [-0.15, -0.1) is 0 Å². The summed E-state index contributed by atoms with van der Waals surface area (Å²) in [6.45, 7) is -1.10. The molecule has 0 aliphatic heterocycles. The molecule has 0 saturated carbocycles. The van der Waals surface area contributed by atoms with Crippen LogP contribution in [-0.4, -0.2) is 30.3 Å². The molecule has 15 heavy (non-hydrogen) atoms. The molecule has 0 aromatic heterocycles. The van der Waals surface area contributed by atoms with E-state index in [4.69, 9.17) is 5.73 Å². The summed E-state index contributed by atoms with van der Waals surface area (Å²) in [6, 6.07) is -0.852. The van der Waals surface area contributed by atoms with E-state index in [1.165, 1.54) is 0 Å². The third-order valence-corrected chi connectivity index (χ3v) is 1.54. The molecule has 4 N–H and O–H groups in total. The fourth-order valence-corrected chi connectivity index (χ4v) is 0.852. The molecule has 0 bridgehead atoms. The Morgan fingerprint density at radius 1 is 1.33 bits per heavy atom. The van der Waals surface area contributed by atoms with Crippen LogP contribution in [0.1, 0.15) is 12.8 Å². The molecule has 0 aromatic carbocycles. The van der Waals surface area contributed by atoms with E-state index >= 15 is 0 Å². The number of alkyl halides is 3. The lowest BCUT2D eigenvalue weighted by atomic mass is 10.3. The van der Waals surface area contributed by atoms with Crippen LogP contribution in [0.4, 0.5) is 18.0 Å². The molecule has 0 unspecified atom stereocenters. The number of hydrogen-bond donors (Lipinski definition) is 3. The van der Waals surface area contributed by atoms with Crippen molar-refractivity contribution in [2.45, 2.75) is 19.0 Å². The predicted molar refractivity (Wildman–Crippen MR) is 53.5 cm³/mol. The number of thiocarbonyl (C=S) groups is 1. The second-order valence-corrected chi connectivity index (χ2v) is 3.32. The Balaban J connectivity index is 3.46. The van der Waals surface area contributed by atoms with Crippen molar-refractivity contribution in [2.24, 2.45) is 5.73 Å². The molecule has 0 spiro atoms. The highest BCUT2D eigenvalue weighted by molar-refractivity contribution is 7.80. The zero-order valence-corrected chi connectivity index (χ0v) is 8.67. The van der Waals surface area contributed by atoms with Crippen LogP contribution in [-0.2, 0) is 0 Å². The maximum Gasteiger partial charge on any atom is 0.405 e. The van der Waals surface area contributed by atoms with E-state index in [1.54, 1.807) is 5.32 Å². The van der Waals surface area contributed by atoms with E-state index < -0.39 is 18.8 Å². The molecular formula is C7H12F3N3OS. The van der Waals surface area contributed by atoms with E-state index in [1.807, 2.05) is 0 Å². The van der Waals surface area contributed by atoms with Crippen LogP contribution < -0.4 is 16.4 Å². The summed E-state index contributed by atoms with van der Waals surface area (Å²) in [5.41, 5.74) is 5.18. The Bertz CT molecular complexity index is 232. The van der Waals surface area contributed by atoms with Gasteiger partial charge in [-0.3, -0.25) is 0 Å². The van der Waals surface area contributed by atoms with Crippen molar-refractivity contribution >= 4 is 23.2 Å². The van der Waals surface area contributed by atoms with Crippen LogP contribution in [0.5, 0.6) is 0 Å². The SMILES string of the molecule is NC(=S)CCCNC(=O)NCC(F)(F)F. The van der Waals surface area contributed by atoms with Gasteiger partial charge in [0.15, 0.2) is 0 Å². The van der Waals surface area contributed by atoms with Gasteiger partial charge in [-0.1, -0.05) is 12.2 Å². The number of nitrogens with one attached hydrogen (secondary N) is 2. The summed E-state index contributed by atoms with van der Waals surface area (Å²) < 4.78 is 34.9. The lowest BCUT2D eigenvalue weighted by molar-refractivity contribution is -0.122. The van der Waals surface area contributed by atoms with Gasteiger partial charge in [-0.25, -0.2) is 4.79 Å². The lowest BCUT2D eigenvalue weighted by Gasteiger charge is -2.09. The molecule has 0 aliphatic rings. The van der Waals surface area contributed by atoms with Crippen molar-refractivity contribution in [1.29, 1.82) is 0 Å². The molecule has 0 atom stereocenters. The average Bonchev–Trinajstić information content (AvgIpc) is 2.07. The predicted octanol–water partition coefficient (Wildman–Crippen LogP) is 0.914. The van der Waals surface area contributed by atoms with Crippen molar-refractivity contribution in [1.82, 2.24) is 10.6 Å². The van der Waals surface area contributed by atoms with Gasteiger partial charge in [0.2, 0.25) is 0 Å². The Hall–Kier alpha value is -1.05. The zero-order valence-electron chi connectivity index (χ0n) is 7.86. The highest BCUT2D eigenvalue weighted by Crippen LogP contribution is 2.11. The second-order valence-electron chi connectivity index (χ2n) is 2.79. The Morgan fingerprint density at radius 3 is 2.40 bits per heavy atom. The molecule has 4 nitrogen and oxygen atoms in total. The summed E-state index contributed by atoms with van der Waals surface area (Å²) in [5, 5.41) is 3.92. The van der Waals surface area contributed by atoms with E-state index in [-0.39, 0.29) is 6.54 Å². The first-order valence-electron chi connectivity index (χ1n) is 4.18. The van der Waals surface area contributed by atoms with Crippen molar-refractivity contribution in [3.8, 4) is 0 Å². The number of carbonyl (C=O) groups is 1. The quantitative estimate of drug-likeness (QED) is 0.496. The molecule has 0 aliphatic carbocycles. The molecule has 0 fully saturated rings. The number of halogens is 3. The minimum Gasteiger partial charge on any atom is -0.393 e. The maximum atomic E-state index is 11.6. The Labute approximate surface area is 90.4 Å². The molecule has 0 radical (unpaired) electrons. The maximum absolute atomic E-state index is 11.6. The van der Waals surface area contributed by atoms with E-state index in [2.05, 4.69) is 17.5 Å². The van der Waals surface area contributed by atoms with Crippen LogP contribution in [0.3, 0.4) is 0 Å². The van der Waals surface area contributed by atoms with Gasteiger partial charge in [0, 0.05) is 6.54 Å². The molecule has 0 saturated heterocycles. The largest absolute Gasteiger partial charge is 0.405 e. The van der Waals surface area contributed by atoms with Crippen LogP contribution in [0.15, 0.2) is 0 Å². The van der Waals surface area contributed by atoms with Gasteiger partial charge in [-0.05, 0) is 12.8 Å². The minimum atomic E-state index is -4.39. The zero-order chi connectivity index (χ0) is 11.9. The highest BCUT2D eigenvalue weighted by atomic mass is 32.1. The third-order valence-electron chi connectivity index (χ3n) is 1.33. The fraction of sp³-hybridized carbons (Fsp3) is 0.714. The Kier molecular flexibility index (Phi) is 5.99. The van der Waals surface area contributed by atoms with E-state index in [0.717, 1.165) is 0 Å². The fourth-order valence-electron chi connectivity index (χ4n) is 0.708. The van der Waals surface area contributed by atoms with Gasteiger partial charge in [0.05, 0.1) is 4.99 Å². The first kappa shape index (κ1) is 13.9. The van der Waals surface area contributed by atoms with Crippen molar-refractivity contribution in [2.75, 3.05) is 13.1 Å². The normalized spacial score (nSPS) is 10.9. The standard InChI is InChI=1S/C7H12F3N3OS/c8-7(9,10)4-13-6(14)12-3-1-2-5(11)15/h1-4H2,(H2,11,15)(H2,12,13,14). The number of amides is 2. The van der Waals surface area contributed by atoms with Crippen LogP contribution in [0.2, 0.25) is 0 Å². The molecule has 0 heterocycles. The lowest BCUT2D eigenvalue weighted by Crippen LogP contribution is -2.41. The van der Waals surface area contributed by atoms with Gasteiger partial charge in [-0.2, -0.15) is 13.2 Å². The third kappa shape index (κ3) is 10.9. The molecule has 0 rings (SSSR count). The first-order chi connectivity index (χ1) is 6.81. The number of carbonyl (C=O) groups excluding carboxylic acids is 1. The summed E-state index contributed by atoms with van der Waals surface area (Å²) in [5.74, 6) is 0. The molecule has 88 valence electrons. The van der Waals surface area contributed by atoms with E-state index in [0.29, 0.717) is 17.8 Å². The molecule has 8 heteroatoms.